The lowest BCUT2D eigenvalue weighted by molar-refractivity contribution is 0.266. The van der Waals surface area contributed by atoms with Gasteiger partial charge in [0.1, 0.15) is 5.82 Å². The van der Waals surface area contributed by atoms with E-state index in [2.05, 4.69) is 57.9 Å². The number of nitrogens with zero attached hydrogens (tertiary/aromatic N) is 5. The summed E-state index contributed by atoms with van der Waals surface area (Å²) >= 11 is 0. The molecular weight excluding hydrogens is 463 g/mol. The lowest BCUT2D eigenvalue weighted by atomic mass is 10.0. The quantitative estimate of drug-likeness (QED) is 0.383. The summed E-state index contributed by atoms with van der Waals surface area (Å²) in [5.74, 6) is 2.89. The number of piperidine rings is 1. The van der Waals surface area contributed by atoms with Gasteiger partial charge in [0, 0.05) is 52.0 Å². The van der Waals surface area contributed by atoms with Gasteiger partial charge in [-0.1, -0.05) is 13.8 Å². The Kier molecular flexibility index (Phi) is 9.77. The molecule has 0 amide bonds. The van der Waals surface area contributed by atoms with E-state index in [0.29, 0.717) is 6.54 Å². The Hall–Kier alpha value is -1.09. The summed E-state index contributed by atoms with van der Waals surface area (Å²) < 4.78 is 0. The zero-order valence-corrected chi connectivity index (χ0v) is 20.1. The number of hydrogen-bond donors (Lipinski definition) is 1. The molecule has 0 saturated carbocycles. The van der Waals surface area contributed by atoms with Crippen LogP contribution >= 0.6 is 24.0 Å². The second-order valence-electron chi connectivity index (χ2n) is 7.81. The van der Waals surface area contributed by atoms with E-state index in [0.717, 1.165) is 70.1 Å². The maximum atomic E-state index is 4.93. The summed E-state index contributed by atoms with van der Waals surface area (Å²) in [4.78, 5) is 16.9. The van der Waals surface area contributed by atoms with Gasteiger partial charge in [0.25, 0.3) is 0 Å². The monoisotopic (exact) mass is 500 g/mol. The molecule has 6 nitrogen and oxygen atoms in total. The fraction of sp³-hybridized carbons (Fsp3) is 0.714. The van der Waals surface area contributed by atoms with Gasteiger partial charge in [-0.15, -0.1) is 24.0 Å². The van der Waals surface area contributed by atoms with Crippen molar-refractivity contribution in [3.63, 3.8) is 0 Å². The molecule has 0 aliphatic carbocycles. The highest BCUT2D eigenvalue weighted by Crippen LogP contribution is 2.17. The number of rotatable bonds is 5. The topological polar surface area (TPSA) is 47.0 Å². The van der Waals surface area contributed by atoms with Crippen molar-refractivity contribution < 1.29 is 0 Å². The molecule has 0 aromatic carbocycles. The number of halogens is 1. The molecule has 0 radical (unpaired) electrons. The van der Waals surface area contributed by atoms with Crippen LogP contribution in [0, 0.1) is 5.92 Å². The van der Waals surface area contributed by atoms with E-state index in [-0.39, 0.29) is 24.0 Å². The Bertz CT molecular complexity index is 615. The molecule has 1 aromatic heterocycles. The fourth-order valence-corrected chi connectivity index (χ4v) is 4.00. The van der Waals surface area contributed by atoms with Gasteiger partial charge in [0.15, 0.2) is 5.96 Å². The van der Waals surface area contributed by atoms with Crippen LogP contribution in [0.4, 0.5) is 5.82 Å². The molecule has 158 valence electrons. The highest BCUT2D eigenvalue weighted by atomic mass is 127. The van der Waals surface area contributed by atoms with Crippen molar-refractivity contribution in [3.05, 3.63) is 23.9 Å². The van der Waals surface area contributed by atoms with Gasteiger partial charge >= 0.3 is 0 Å². The predicted octanol–water partition coefficient (Wildman–Crippen LogP) is 3.04. The van der Waals surface area contributed by atoms with E-state index in [9.17, 15) is 0 Å². The van der Waals surface area contributed by atoms with Gasteiger partial charge in [-0.2, -0.15) is 0 Å². The minimum atomic E-state index is 0. The SMILES string of the molecule is CCNC(=NCc1ccnc(N2CCN(CC)CC2)c1)N1CCCC(C)C1.I. The van der Waals surface area contributed by atoms with Crippen LogP contribution < -0.4 is 10.2 Å². The van der Waals surface area contributed by atoms with E-state index in [1.165, 1.54) is 18.4 Å². The number of guanidine groups is 1. The Labute approximate surface area is 187 Å². The highest BCUT2D eigenvalue weighted by molar-refractivity contribution is 14.0. The summed E-state index contributed by atoms with van der Waals surface area (Å²) in [7, 11) is 0. The van der Waals surface area contributed by atoms with E-state index < -0.39 is 0 Å². The number of nitrogens with one attached hydrogen (secondary N) is 1. The average molecular weight is 500 g/mol. The van der Waals surface area contributed by atoms with Crippen LogP contribution in [-0.4, -0.2) is 73.1 Å². The smallest absolute Gasteiger partial charge is 0.194 e. The maximum Gasteiger partial charge on any atom is 0.194 e. The van der Waals surface area contributed by atoms with Crippen molar-refractivity contribution in [1.29, 1.82) is 0 Å². The number of anilines is 1. The van der Waals surface area contributed by atoms with Crippen LogP contribution in [0.5, 0.6) is 0 Å². The van der Waals surface area contributed by atoms with Crippen LogP contribution in [0.25, 0.3) is 0 Å². The second-order valence-corrected chi connectivity index (χ2v) is 7.81. The Morgan fingerprint density at radius 2 is 2.00 bits per heavy atom. The first-order valence-corrected chi connectivity index (χ1v) is 10.6. The molecule has 2 aliphatic heterocycles. The normalized spacial score (nSPS) is 21.4. The molecular formula is C21H37IN6. The number of aromatic nitrogens is 1. The van der Waals surface area contributed by atoms with Gasteiger partial charge in [0.2, 0.25) is 0 Å². The van der Waals surface area contributed by atoms with Crippen molar-refractivity contribution in [3.8, 4) is 0 Å². The Balaban J connectivity index is 0.00000280. The van der Waals surface area contributed by atoms with E-state index in [1.54, 1.807) is 0 Å². The van der Waals surface area contributed by atoms with Crippen LogP contribution in [0.3, 0.4) is 0 Å². The van der Waals surface area contributed by atoms with Gasteiger partial charge < -0.3 is 20.0 Å². The first-order chi connectivity index (χ1) is 13.2. The van der Waals surface area contributed by atoms with E-state index in [1.807, 2.05) is 6.20 Å². The molecule has 7 heteroatoms. The molecule has 1 N–H and O–H groups in total. The van der Waals surface area contributed by atoms with E-state index in [4.69, 9.17) is 4.99 Å². The Morgan fingerprint density at radius 3 is 2.68 bits per heavy atom. The van der Waals surface area contributed by atoms with Gasteiger partial charge in [-0.05, 0) is 49.9 Å². The molecule has 2 fully saturated rings. The summed E-state index contributed by atoms with van der Waals surface area (Å²) in [6.45, 7) is 16.0. The van der Waals surface area contributed by atoms with Gasteiger partial charge in [-0.3, -0.25) is 0 Å². The number of pyridine rings is 1. The fourth-order valence-electron chi connectivity index (χ4n) is 4.00. The lowest BCUT2D eigenvalue weighted by Gasteiger charge is -2.35. The van der Waals surface area contributed by atoms with Crippen molar-refractivity contribution >= 4 is 35.8 Å². The molecule has 3 rings (SSSR count). The first-order valence-electron chi connectivity index (χ1n) is 10.6. The minimum Gasteiger partial charge on any atom is -0.357 e. The van der Waals surface area contributed by atoms with Gasteiger partial charge in [-0.25, -0.2) is 9.98 Å². The number of hydrogen-bond acceptors (Lipinski definition) is 4. The number of aliphatic imine (C=N–C) groups is 1. The summed E-state index contributed by atoms with van der Waals surface area (Å²) in [5, 5.41) is 3.48. The van der Waals surface area contributed by atoms with Crippen molar-refractivity contribution in [2.45, 2.75) is 40.2 Å². The van der Waals surface area contributed by atoms with Crippen molar-refractivity contribution in [1.82, 2.24) is 20.1 Å². The second kappa shape index (κ2) is 11.8. The third kappa shape index (κ3) is 6.47. The molecule has 0 bridgehead atoms. The van der Waals surface area contributed by atoms with Crippen LogP contribution in [0.15, 0.2) is 23.3 Å². The number of piperazine rings is 1. The first kappa shape index (κ1) is 23.2. The zero-order valence-electron chi connectivity index (χ0n) is 17.7. The molecule has 3 heterocycles. The molecule has 2 saturated heterocycles. The van der Waals surface area contributed by atoms with Gasteiger partial charge in [0.05, 0.1) is 6.54 Å². The number of likely N-dealkylation sites (tertiary alicyclic amines) is 1. The molecule has 0 spiro atoms. The zero-order chi connectivity index (χ0) is 19.1. The van der Waals surface area contributed by atoms with E-state index >= 15 is 0 Å². The molecule has 1 aromatic rings. The highest BCUT2D eigenvalue weighted by Gasteiger charge is 2.19. The largest absolute Gasteiger partial charge is 0.357 e. The van der Waals surface area contributed by atoms with Crippen LogP contribution in [-0.2, 0) is 6.54 Å². The van der Waals surface area contributed by atoms with Crippen LogP contribution in [0.1, 0.15) is 39.2 Å². The lowest BCUT2D eigenvalue weighted by Crippen LogP contribution is -2.46. The van der Waals surface area contributed by atoms with Crippen molar-refractivity contribution in [2.24, 2.45) is 10.9 Å². The standard InChI is InChI=1S/C21H36N6.HI/c1-4-22-21(27-10-6-7-18(3)17-27)24-16-19-8-9-23-20(15-19)26-13-11-25(5-2)12-14-26;/h8-9,15,18H,4-7,10-14,16-17H2,1-3H3,(H,22,24);1H. The minimum absolute atomic E-state index is 0. The summed E-state index contributed by atoms with van der Waals surface area (Å²) in [6.07, 6.45) is 4.52. The molecule has 28 heavy (non-hydrogen) atoms. The molecule has 1 atom stereocenters. The third-order valence-corrected chi connectivity index (χ3v) is 5.66. The summed E-state index contributed by atoms with van der Waals surface area (Å²) in [5.41, 5.74) is 1.23. The summed E-state index contributed by atoms with van der Waals surface area (Å²) in [6, 6.07) is 4.31. The molecule has 1 unspecified atom stereocenters. The van der Waals surface area contributed by atoms with Crippen molar-refractivity contribution in [2.75, 3.05) is 57.3 Å². The average Bonchev–Trinajstić information content (AvgIpc) is 2.71. The maximum absolute atomic E-state index is 4.93. The predicted molar refractivity (Wildman–Crippen MR) is 129 cm³/mol. The third-order valence-electron chi connectivity index (χ3n) is 5.66. The van der Waals surface area contributed by atoms with Crippen LogP contribution in [0.2, 0.25) is 0 Å². The molecule has 2 aliphatic rings. The Morgan fingerprint density at radius 1 is 1.21 bits per heavy atom. The number of likely N-dealkylation sites (N-methyl/N-ethyl adjacent to an activating group) is 1.